The van der Waals surface area contributed by atoms with Crippen LogP contribution >= 0.6 is 0 Å². The Morgan fingerprint density at radius 2 is 0.897 bits per heavy atom. The maximum Gasteiger partial charge on any atom is 0.412 e. The number of ether oxygens (including phenoxy) is 6. The lowest BCUT2D eigenvalue weighted by Crippen LogP contribution is -2.16. The molecule has 0 bridgehead atoms. The highest BCUT2D eigenvalue weighted by atomic mass is 16.6. The minimum atomic E-state index is -0.675. The van der Waals surface area contributed by atoms with Crippen LogP contribution in [0.2, 0.25) is 0 Å². The van der Waals surface area contributed by atoms with Crippen LogP contribution in [0.3, 0.4) is 0 Å². The van der Waals surface area contributed by atoms with Crippen molar-refractivity contribution in [2.45, 2.75) is 87.7 Å². The average Bonchev–Trinajstić information content (AvgIpc) is 1.64. The largest absolute Gasteiger partial charge is 0.497 e. The van der Waals surface area contributed by atoms with Crippen LogP contribution in [0, 0.1) is 21.4 Å². The summed E-state index contributed by atoms with van der Waals surface area (Å²) in [5, 5.41) is 54.5. The normalized spacial score (nSPS) is 10.8. The first-order chi connectivity index (χ1) is 56.5. The van der Waals surface area contributed by atoms with Gasteiger partial charge in [0.2, 0.25) is 0 Å². The van der Waals surface area contributed by atoms with Gasteiger partial charge in [-0.3, -0.25) is 25.6 Å². The number of rotatable bonds is 19. The molecule has 17 aromatic rings. The van der Waals surface area contributed by atoms with E-state index in [1.807, 2.05) is 104 Å². The minimum absolute atomic E-state index is 0.0770. The molecule has 116 heavy (non-hydrogen) atoms. The molecule has 0 radical (unpaired) electrons. The molecular formula is C86H86N16O14. The first kappa shape index (κ1) is 80.6. The van der Waals surface area contributed by atoms with Gasteiger partial charge in [0.25, 0.3) is 5.69 Å². The maximum absolute atomic E-state index is 11.6. The zero-order chi connectivity index (χ0) is 82.1. The molecule has 0 saturated carbocycles. The Bertz CT molecular complexity index is 5850. The third kappa shape index (κ3) is 17.0. The molecule has 0 fully saturated rings. The molecule has 3 N–H and O–H groups in total. The quantitative estimate of drug-likeness (QED) is 0.0293. The van der Waals surface area contributed by atoms with Gasteiger partial charge < -0.3 is 69.4 Å². The van der Waals surface area contributed by atoms with Gasteiger partial charge in [0.1, 0.15) is 46.7 Å². The summed E-state index contributed by atoms with van der Waals surface area (Å²) in [6, 6.07) is 45.1. The third-order valence-electron chi connectivity index (χ3n) is 19.5. The van der Waals surface area contributed by atoms with Crippen LogP contribution < -0.4 is 19.5 Å². The van der Waals surface area contributed by atoms with Crippen molar-refractivity contribution >= 4 is 95.0 Å². The van der Waals surface area contributed by atoms with E-state index in [-0.39, 0.29) is 35.6 Å². The van der Waals surface area contributed by atoms with Crippen LogP contribution in [-0.4, -0.2) is 128 Å². The van der Waals surface area contributed by atoms with Crippen molar-refractivity contribution < 1.29 is 61.3 Å². The Labute approximate surface area is 664 Å². The number of carbonyl (C=O) groups is 3. The number of hydrogen-bond acceptors (Lipinski definition) is 20. The summed E-state index contributed by atoms with van der Waals surface area (Å²) in [5.41, 5.74) is 15.5. The summed E-state index contributed by atoms with van der Waals surface area (Å²) >= 11 is 0. The predicted molar refractivity (Wildman–Crippen MR) is 442 cm³/mol. The molecule has 30 heteroatoms. The fourth-order valence-electron chi connectivity index (χ4n) is 13.8. The molecule has 6 aromatic carbocycles. The lowest BCUT2D eigenvalue weighted by molar-refractivity contribution is -0.384. The molecule has 0 aliphatic heterocycles. The van der Waals surface area contributed by atoms with Crippen LogP contribution in [0.25, 0.3) is 122 Å². The highest BCUT2D eigenvalue weighted by Gasteiger charge is 2.23. The van der Waals surface area contributed by atoms with Crippen molar-refractivity contribution in [3.8, 4) is 79.7 Å². The Morgan fingerprint density at radius 3 is 1.26 bits per heavy atom. The van der Waals surface area contributed by atoms with E-state index in [4.69, 9.17) is 42.0 Å². The number of aromatic amines is 2. The monoisotopic (exact) mass is 1570 g/mol. The molecule has 0 spiro atoms. The minimum Gasteiger partial charge on any atom is -0.497 e. The molecule has 594 valence electrons. The molecule has 11 heterocycles. The molecule has 0 unspecified atom stereocenters. The summed E-state index contributed by atoms with van der Waals surface area (Å²) in [5.74, 6) is 3.73. The van der Waals surface area contributed by atoms with Crippen LogP contribution in [0.4, 0.5) is 16.3 Å². The molecule has 0 atom stereocenters. The molecular weight excluding hydrogens is 1480 g/mol. The molecule has 0 saturated heterocycles. The average molecular weight is 1570 g/mol. The van der Waals surface area contributed by atoms with Gasteiger partial charge in [-0.2, -0.15) is 15.5 Å². The number of nitrogens with zero attached hydrogens (tertiary/aromatic N) is 13. The van der Waals surface area contributed by atoms with Gasteiger partial charge in [-0.05, 0) is 127 Å². The Morgan fingerprint density at radius 1 is 0.483 bits per heavy atom. The van der Waals surface area contributed by atoms with Crippen molar-refractivity contribution in [3.63, 3.8) is 0 Å². The number of esters is 2. The topological polar surface area (TPSA) is 351 Å². The molecule has 30 nitrogen and oxygen atoms in total. The number of benzene rings is 6. The number of aryl methyl sites for hydroxylation is 6. The number of nitro benzene ring substituents is 1. The number of carbonyl (C=O) groups excluding carboxylic acids is 3. The summed E-state index contributed by atoms with van der Waals surface area (Å²) in [6.45, 7) is 19.0. The van der Waals surface area contributed by atoms with Gasteiger partial charge in [0.05, 0.1) is 104 Å². The number of non-ortho nitro benzene ring substituents is 1. The van der Waals surface area contributed by atoms with Crippen molar-refractivity contribution in [1.82, 2.24) is 63.3 Å². The van der Waals surface area contributed by atoms with Crippen molar-refractivity contribution in [1.29, 1.82) is 5.26 Å². The van der Waals surface area contributed by atoms with Crippen LogP contribution in [0.1, 0.15) is 74.7 Å². The Kier molecular flexibility index (Phi) is 25.7. The number of aromatic nitrogens is 13. The number of H-pyrrole nitrogens is 2. The Balaban J connectivity index is 0.000000128. The van der Waals surface area contributed by atoms with E-state index in [1.54, 1.807) is 76.0 Å². The number of nitro groups is 1. The van der Waals surface area contributed by atoms with E-state index in [1.165, 1.54) is 48.9 Å². The third-order valence-corrected chi connectivity index (χ3v) is 19.5. The summed E-state index contributed by atoms with van der Waals surface area (Å²) < 4.78 is 58.0. The molecule has 0 aliphatic rings. The van der Waals surface area contributed by atoms with Gasteiger partial charge >= 0.3 is 18.0 Å². The summed E-state index contributed by atoms with van der Waals surface area (Å²) in [6.07, 6.45) is 18.1. The first-order valence-corrected chi connectivity index (χ1v) is 37.3. The number of nitriles is 1. The molecule has 1 amide bonds. The lowest BCUT2D eigenvalue weighted by atomic mass is 10.1. The van der Waals surface area contributed by atoms with E-state index in [9.17, 15) is 29.8 Å². The van der Waals surface area contributed by atoms with Crippen molar-refractivity contribution in [2.75, 3.05) is 47.5 Å². The number of nitrogens with one attached hydrogen (secondary N) is 3. The molecule has 11 aromatic heterocycles. The van der Waals surface area contributed by atoms with E-state index in [0.717, 1.165) is 139 Å². The van der Waals surface area contributed by atoms with Crippen molar-refractivity contribution in [3.05, 3.63) is 228 Å². The number of methoxy groups -OCH3 is 5. The number of anilines is 1. The summed E-state index contributed by atoms with van der Waals surface area (Å²) in [4.78, 5) is 45.3. The van der Waals surface area contributed by atoms with E-state index in [2.05, 4.69) is 148 Å². The van der Waals surface area contributed by atoms with Gasteiger partial charge in [-0.1, -0.05) is 27.6 Å². The summed E-state index contributed by atoms with van der Waals surface area (Å²) in [7, 11) is 7.82. The van der Waals surface area contributed by atoms with Gasteiger partial charge in [0, 0.05) is 202 Å². The van der Waals surface area contributed by atoms with Gasteiger partial charge in [0.15, 0.2) is 11.5 Å². The van der Waals surface area contributed by atoms with Gasteiger partial charge in [-0.15, -0.1) is 0 Å². The zero-order valence-electron chi connectivity index (χ0n) is 66.0. The van der Waals surface area contributed by atoms with E-state index < -0.39 is 11.0 Å². The first-order valence-electron chi connectivity index (χ1n) is 37.3. The fourth-order valence-corrected chi connectivity index (χ4v) is 13.8. The smallest absolute Gasteiger partial charge is 0.412 e. The second kappa shape index (κ2) is 37.0. The zero-order valence-corrected chi connectivity index (χ0v) is 66.0. The second-order valence-corrected chi connectivity index (χ2v) is 25.7. The standard InChI is InChI=1S/C15H15N3O2.C15H14N2O3.C14H14N4O4.C14H15N3O.2C14H14N2O2/c1-3-18-9-12(13-6-7-16-17-13)11-5-4-10(8-14(11)18)15(19)20-2;1-3-17-9-12(14-6-7-16-20-14)11-5-4-10(8-13(11)17)15(18)19-2;1-3-17-12-7-9(18(20)21)5-6-10(12)11(8-15)13(17)16-14(19)22-4-2;1-3-17-9-12(13-6-7-15-16-13)11-5-4-10(18-2)8-14(11)17;1-3-16-9-12(14-6-7-15-18-14)11-5-4-10(17-2)8-13(11)16;1-3-16-9-12(13-6-7-18-15-13)11-5-4-10(17-2)8-14(11)16/h4-9H,3H2,1-2H3,(H,16,17);4-9H,3H2,1-2H3;5-7H,3-4H2,1-2H3,(H,16,19);4-9H,3H2,1-2H3,(H,15,16);2*4-9H,3H2,1-2H3. The number of fused-ring (bicyclic) bond motifs is 6. The highest BCUT2D eigenvalue weighted by molar-refractivity contribution is 6.03. The maximum atomic E-state index is 11.6. The van der Waals surface area contributed by atoms with E-state index in [0.29, 0.717) is 34.3 Å². The second-order valence-electron chi connectivity index (χ2n) is 25.7. The fraction of sp³-hybridized carbons (Fsp3) is 0.221. The number of hydrogen-bond donors (Lipinski definition) is 3. The van der Waals surface area contributed by atoms with Crippen LogP contribution in [0.15, 0.2) is 215 Å². The molecule has 0 aliphatic carbocycles. The van der Waals surface area contributed by atoms with E-state index >= 15 is 0 Å². The Hall–Kier alpha value is -14.9. The van der Waals surface area contributed by atoms with Gasteiger partial charge in [-0.25, -0.2) is 14.4 Å². The highest BCUT2D eigenvalue weighted by Crippen LogP contribution is 2.38. The predicted octanol–water partition coefficient (Wildman–Crippen LogP) is 18.7. The number of amides is 1. The van der Waals surface area contributed by atoms with Crippen molar-refractivity contribution in [2.24, 2.45) is 0 Å². The SMILES string of the molecule is CCOC(=O)Nc1c(C#N)c2ccc([N+](=O)[O-])cc2n1CC.CCn1cc(-c2ccn[nH]2)c2ccc(C(=O)OC)cc21.CCn1cc(-c2ccn[nH]2)c2ccc(OC)cc21.CCn1cc(-c2ccno2)c2ccc(C(=O)OC)cc21.CCn1cc(-c2ccno2)c2ccc(OC)cc21.CCn1cc(-c2ccon2)c2ccc(OC)cc21. The van der Waals surface area contributed by atoms with Crippen LogP contribution in [0.5, 0.6) is 17.2 Å². The lowest BCUT2D eigenvalue weighted by Gasteiger charge is -2.09. The molecule has 17 rings (SSSR count). The van der Waals surface area contributed by atoms with Crippen LogP contribution in [-0.2, 0) is 53.5 Å².